The lowest BCUT2D eigenvalue weighted by atomic mass is 10.1. The van der Waals surface area contributed by atoms with Gasteiger partial charge in [0.2, 0.25) is 5.91 Å². The van der Waals surface area contributed by atoms with Crippen LogP contribution in [-0.2, 0) is 16.0 Å². The molecule has 0 radical (unpaired) electrons. The lowest BCUT2D eigenvalue weighted by Gasteiger charge is -2.37. The maximum Gasteiger partial charge on any atom is 0.256 e. The molecule has 188 valence electrons. The Morgan fingerprint density at radius 2 is 1.58 bits per heavy atom. The van der Waals surface area contributed by atoms with Gasteiger partial charge in [-0.05, 0) is 60.4 Å². The van der Waals surface area contributed by atoms with Crippen molar-refractivity contribution < 1.29 is 23.5 Å². The van der Waals surface area contributed by atoms with Crippen molar-refractivity contribution in [1.82, 2.24) is 4.90 Å². The van der Waals surface area contributed by atoms with Gasteiger partial charge in [-0.1, -0.05) is 36.4 Å². The molecule has 2 N–H and O–H groups in total. The van der Waals surface area contributed by atoms with Gasteiger partial charge in [-0.15, -0.1) is 0 Å². The molecule has 0 aliphatic carbocycles. The van der Waals surface area contributed by atoms with Crippen LogP contribution in [0.15, 0.2) is 72.8 Å². The lowest BCUT2D eigenvalue weighted by Crippen LogP contribution is -2.50. The number of carbonyl (C=O) groups excluding carboxylic acids is 2. The molecule has 1 unspecified atom stereocenters. The van der Waals surface area contributed by atoms with Gasteiger partial charge >= 0.3 is 0 Å². The quantitative estimate of drug-likeness (QED) is 0.491. The van der Waals surface area contributed by atoms with Gasteiger partial charge in [-0.25, -0.2) is 8.78 Å². The van der Waals surface area contributed by atoms with Crippen LogP contribution in [0.25, 0.3) is 0 Å². The Balaban J connectivity index is 1.23. The van der Waals surface area contributed by atoms with E-state index in [1.807, 2.05) is 42.5 Å². The smallest absolute Gasteiger partial charge is 0.256 e. The molecule has 36 heavy (non-hydrogen) atoms. The van der Waals surface area contributed by atoms with Crippen LogP contribution in [0.1, 0.15) is 30.1 Å². The number of anilines is 2. The van der Waals surface area contributed by atoms with Gasteiger partial charge in [0.15, 0.2) is 17.7 Å². The first kappa shape index (κ1) is 25.3. The largest absolute Gasteiger partial charge is 0.378 e. The number of halogens is 2. The zero-order valence-corrected chi connectivity index (χ0v) is 19.9. The first-order valence-electron chi connectivity index (χ1n) is 12.0. The zero-order chi connectivity index (χ0) is 25.5. The highest BCUT2D eigenvalue weighted by molar-refractivity contribution is 5.90. The summed E-state index contributed by atoms with van der Waals surface area (Å²) in [4.78, 5) is 28.5. The second kappa shape index (κ2) is 11.8. The van der Waals surface area contributed by atoms with E-state index in [1.54, 1.807) is 0 Å². The molecule has 1 fully saturated rings. The average Bonchev–Trinajstić information content (AvgIpc) is 2.90. The van der Waals surface area contributed by atoms with E-state index in [4.69, 9.17) is 0 Å². The fourth-order valence-corrected chi connectivity index (χ4v) is 4.26. The normalized spacial score (nSPS) is 14.4. The number of benzene rings is 3. The third kappa shape index (κ3) is 6.46. The Hall–Kier alpha value is -3.78. The van der Waals surface area contributed by atoms with Crippen molar-refractivity contribution in [3.8, 4) is 0 Å². The summed E-state index contributed by atoms with van der Waals surface area (Å²) < 4.78 is 26.6. The molecule has 1 atom stereocenters. The lowest BCUT2D eigenvalue weighted by molar-refractivity contribution is -0.140. The van der Waals surface area contributed by atoms with Gasteiger partial charge < -0.3 is 20.2 Å². The Bertz CT molecular complexity index is 1180. The number of aryl methyl sites for hydroxylation is 1. The maximum absolute atomic E-state index is 13.5. The van der Waals surface area contributed by atoms with E-state index in [9.17, 15) is 23.5 Å². The molecule has 2 amide bonds. The maximum atomic E-state index is 13.5. The molecule has 6 nitrogen and oxygen atoms in total. The van der Waals surface area contributed by atoms with Crippen molar-refractivity contribution in [3.63, 3.8) is 0 Å². The second-order valence-electron chi connectivity index (χ2n) is 8.82. The predicted octanol–water partition coefficient (Wildman–Crippen LogP) is 4.31. The van der Waals surface area contributed by atoms with Crippen molar-refractivity contribution in [2.75, 3.05) is 36.4 Å². The van der Waals surface area contributed by atoms with Crippen molar-refractivity contribution in [2.24, 2.45) is 0 Å². The molecule has 0 spiro atoms. The SMILES string of the molecule is O=C(CCCc1ccccc1)Nc1ccc(N2CCN(C(=O)C(O)c3ccc(F)c(F)c3)CC2)cc1. The van der Waals surface area contributed by atoms with E-state index in [1.165, 1.54) is 16.5 Å². The Labute approximate surface area is 209 Å². The molecule has 3 aromatic rings. The van der Waals surface area contributed by atoms with Crippen LogP contribution >= 0.6 is 0 Å². The van der Waals surface area contributed by atoms with Gasteiger partial charge in [0, 0.05) is 44.0 Å². The molecule has 0 bridgehead atoms. The van der Waals surface area contributed by atoms with E-state index in [2.05, 4.69) is 22.3 Å². The minimum Gasteiger partial charge on any atom is -0.378 e. The van der Waals surface area contributed by atoms with Crippen LogP contribution < -0.4 is 10.2 Å². The molecule has 1 saturated heterocycles. The number of piperazine rings is 1. The summed E-state index contributed by atoms with van der Waals surface area (Å²) in [6, 6.07) is 20.6. The number of hydrogen-bond donors (Lipinski definition) is 2. The molecule has 1 heterocycles. The van der Waals surface area contributed by atoms with Crippen LogP contribution in [0.4, 0.5) is 20.2 Å². The van der Waals surface area contributed by atoms with E-state index in [0.717, 1.165) is 36.3 Å². The number of nitrogens with zero attached hydrogens (tertiary/aromatic N) is 2. The summed E-state index contributed by atoms with van der Waals surface area (Å²) in [6.45, 7) is 1.89. The summed E-state index contributed by atoms with van der Waals surface area (Å²) in [5.74, 6) is -2.69. The molecule has 0 saturated carbocycles. The number of carbonyl (C=O) groups is 2. The highest BCUT2D eigenvalue weighted by Gasteiger charge is 2.28. The average molecular weight is 494 g/mol. The van der Waals surface area contributed by atoms with Gasteiger partial charge in [0.1, 0.15) is 0 Å². The summed E-state index contributed by atoms with van der Waals surface area (Å²) in [7, 11) is 0. The number of amides is 2. The molecule has 1 aliphatic heterocycles. The number of hydrogen-bond acceptors (Lipinski definition) is 4. The van der Waals surface area contributed by atoms with Gasteiger partial charge in [-0.3, -0.25) is 9.59 Å². The Kier molecular flexibility index (Phi) is 8.28. The zero-order valence-electron chi connectivity index (χ0n) is 19.9. The molecule has 3 aromatic carbocycles. The van der Waals surface area contributed by atoms with E-state index < -0.39 is 23.6 Å². The molecular weight excluding hydrogens is 464 g/mol. The van der Waals surface area contributed by atoms with Crippen molar-refractivity contribution in [1.29, 1.82) is 0 Å². The topological polar surface area (TPSA) is 72.9 Å². The molecule has 1 aliphatic rings. The highest BCUT2D eigenvalue weighted by Crippen LogP contribution is 2.23. The number of aliphatic hydroxyl groups excluding tert-OH is 1. The standard InChI is InChI=1S/C28H29F2N3O3/c29-24-14-9-21(19-25(24)30)27(35)28(36)33-17-15-32(16-18-33)23-12-10-22(11-13-23)31-26(34)8-4-7-20-5-2-1-3-6-20/h1-3,5-6,9-14,19,27,35H,4,7-8,15-18H2,(H,31,34). The Morgan fingerprint density at radius 3 is 2.25 bits per heavy atom. The first-order valence-corrected chi connectivity index (χ1v) is 12.0. The minimum absolute atomic E-state index is 0.0228. The van der Waals surface area contributed by atoms with Crippen LogP contribution in [-0.4, -0.2) is 48.0 Å². The van der Waals surface area contributed by atoms with Crippen molar-refractivity contribution >= 4 is 23.2 Å². The third-order valence-corrected chi connectivity index (χ3v) is 6.31. The molecule has 4 rings (SSSR count). The van der Waals surface area contributed by atoms with Crippen molar-refractivity contribution in [2.45, 2.75) is 25.4 Å². The highest BCUT2D eigenvalue weighted by atomic mass is 19.2. The van der Waals surface area contributed by atoms with E-state index >= 15 is 0 Å². The van der Waals surface area contributed by atoms with Crippen molar-refractivity contribution in [3.05, 3.63) is 95.6 Å². The van der Waals surface area contributed by atoms with Gasteiger partial charge in [0.25, 0.3) is 5.91 Å². The fraction of sp³-hybridized carbons (Fsp3) is 0.286. The Morgan fingerprint density at radius 1 is 0.889 bits per heavy atom. The summed E-state index contributed by atoms with van der Waals surface area (Å²) in [6.07, 6.45) is 0.548. The number of rotatable bonds is 8. The van der Waals surface area contributed by atoms with E-state index in [0.29, 0.717) is 32.6 Å². The van der Waals surface area contributed by atoms with Crippen LogP contribution in [0.2, 0.25) is 0 Å². The van der Waals surface area contributed by atoms with Gasteiger partial charge in [-0.2, -0.15) is 0 Å². The molecule has 0 aromatic heterocycles. The number of nitrogens with one attached hydrogen (secondary N) is 1. The van der Waals surface area contributed by atoms with E-state index in [-0.39, 0.29) is 11.5 Å². The van der Waals surface area contributed by atoms with Crippen LogP contribution in [0.5, 0.6) is 0 Å². The van der Waals surface area contributed by atoms with Crippen LogP contribution in [0.3, 0.4) is 0 Å². The summed E-state index contributed by atoms with van der Waals surface area (Å²) >= 11 is 0. The predicted molar refractivity (Wildman–Crippen MR) is 135 cm³/mol. The minimum atomic E-state index is -1.54. The first-order chi connectivity index (χ1) is 17.4. The summed E-state index contributed by atoms with van der Waals surface area (Å²) in [5, 5.41) is 13.3. The second-order valence-corrected chi connectivity index (χ2v) is 8.82. The molecular formula is C28H29F2N3O3. The monoisotopic (exact) mass is 493 g/mol. The van der Waals surface area contributed by atoms with Crippen LogP contribution in [0, 0.1) is 11.6 Å². The molecule has 8 heteroatoms. The third-order valence-electron chi connectivity index (χ3n) is 6.31. The summed E-state index contributed by atoms with van der Waals surface area (Å²) in [5.41, 5.74) is 2.94. The van der Waals surface area contributed by atoms with Gasteiger partial charge in [0.05, 0.1) is 0 Å². The fourth-order valence-electron chi connectivity index (χ4n) is 4.26. The number of aliphatic hydroxyl groups is 1.